The van der Waals surface area contributed by atoms with Crippen LogP contribution >= 0.6 is 24.0 Å². The highest BCUT2D eigenvalue weighted by molar-refractivity contribution is 6.30. The Morgan fingerprint density at radius 2 is 2.21 bits per heavy atom. The van der Waals surface area contributed by atoms with Crippen molar-refractivity contribution in [3.05, 3.63) is 34.9 Å². The molecule has 1 atom stereocenters. The van der Waals surface area contributed by atoms with Gasteiger partial charge in [-0.25, -0.2) is 0 Å². The molecule has 0 bridgehead atoms. The molecule has 1 unspecified atom stereocenters. The van der Waals surface area contributed by atoms with E-state index >= 15 is 0 Å². The van der Waals surface area contributed by atoms with Crippen LogP contribution in [-0.4, -0.2) is 6.54 Å². The molecule has 1 aliphatic rings. The zero-order valence-corrected chi connectivity index (χ0v) is 9.79. The van der Waals surface area contributed by atoms with Crippen LogP contribution in [0.3, 0.4) is 0 Å². The first kappa shape index (κ1) is 11.8. The Balaban J connectivity index is 0.000000980. The van der Waals surface area contributed by atoms with Crippen molar-refractivity contribution < 1.29 is 0 Å². The van der Waals surface area contributed by atoms with Gasteiger partial charge in [-0.2, -0.15) is 0 Å². The molecule has 78 valence electrons. The van der Waals surface area contributed by atoms with Crippen LogP contribution in [0.15, 0.2) is 24.3 Å². The minimum Gasteiger partial charge on any atom is -0.308 e. The molecule has 2 rings (SSSR count). The van der Waals surface area contributed by atoms with Crippen LogP contribution < -0.4 is 5.32 Å². The van der Waals surface area contributed by atoms with Crippen molar-refractivity contribution in [1.82, 2.24) is 5.32 Å². The Hall–Kier alpha value is -0.240. The van der Waals surface area contributed by atoms with Gasteiger partial charge in [0, 0.05) is 10.6 Å². The Kier molecular flexibility index (Phi) is 3.82. The minimum absolute atomic E-state index is 0. The summed E-state index contributed by atoms with van der Waals surface area (Å²) in [6.07, 6.45) is 2.45. The van der Waals surface area contributed by atoms with Gasteiger partial charge in [-0.05, 0) is 44.0 Å². The highest BCUT2D eigenvalue weighted by Crippen LogP contribution is 2.31. The maximum Gasteiger partial charge on any atom is 0.0409 e. The van der Waals surface area contributed by atoms with Gasteiger partial charge in [-0.3, -0.25) is 0 Å². The third kappa shape index (κ3) is 2.22. The molecule has 1 heterocycles. The van der Waals surface area contributed by atoms with Crippen molar-refractivity contribution in [2.24, 2.45) is 0 Å². The smallest absolute Gasteiger partial charge is 0.0409 e. The van der Waals surface area contributed by atoms with Crippen molar-refractivity contribution in [1.29, 1.82) is 0 Å². The van der Waals surface area contributed by atoms with Crippen molar-refractivity contribution in [3.63, 3.8) is 0 Å². The largest absolute Gasteiger partial charge is 0.308 e. The predicted octanol–water partition coefficient (Wildman–Crippen LogP) is 3.36. The Morgan fingerprint density at radius 3 is 2.79 bits per heavy atom. The molecule has 0 amide bonds. The molecule has 1 aromatic carbocycles. The number of rotatable bonds is 1. The second-order valence-electron chi connectivity index (χ2n) is 3.87. The molecule has 1 fully saturated rings. The van der Waals surface area contributed by atoms with Gasteiger partial charge in [0.1, 0.15) is 0 Å². The van der Waals surface area contributed by atoms with Crippen molar-refractivity contribution in [2.45, 2.75) is 25.3 Å². The number of hydrogen-bond donors (Lipinski definition) is 1. The van der Waals surface area contributed by atoms with Gasteiger partial charge >= 0.3 is 0 Å². The summed E-state index contributed by atoms with van der Waals surface area (Å²) < 4.78 is 0. The average molecular weight is 232 g/mol. The Labute approximate surface area is 96.3 Å². The number of nitrogens with one attached hydrogen (secondary N) is 1. The predicted molar refractivity (Wildman–Crippen MR) is 63.3 cm³/mol. The summed E-state index contributed by atoms with van der Waals surface area (Å²) in [5.74, 6) is 0. The molecular weight excluding hydrogens is 217 g/mol. The fourth-order valence-corrected chi connectivity index (χ4v) is 2.16. The fraction of sp³-hybridized carbons (Fsp3) is 0.455. The second kappa shape index (κ2) is 4.52. The Morgan fingerprint density at radius 1 is 1.43 bits per heavy atom. The van der Waals surface area contributed by atoms with E-state index in [1.54, 1.807) is 0 Å². The maximum absolute atomic E-state index is 5.96. The van der Waals surface area contributed by atoms with E-state index in [0.717, 1.165) is 11.6 Å². The summed E-state index contributed by atoms with van der Waals surface area (Å²) >= 11 is 5.96. The van der Waals surface area contributed by atoms with Crippen LogP contribution in [0.1, 0.15) is 25.3 Å². The summed E-state index contributed by atoms with van der Waals surface area (Å²) in [5, 5.41) is 4.34. The fourth-order valence-electron chi connectivity index (χ4n) is 1.97. The van der Waals surface area contributed by atoms with Crippen LogP contribution in [0.2, 0.25) is 5.02 Å². The molecule has 0 spiro atoms. The van der Waals surface area contributed by atoms with E-state index in [4.69, 9.17) is 11.6 Å². The van der Waals surface area contributed by atoms with E-state index in [2.05, 4.69) is 24.4 Å². The summed E-state index contributed by atoms with van der Waals surface area (Å²) in [7, 11) is 0. The highest BCUT2D eigenvalue weighted by atomic mass is 35.5. The quantitative estimate of drug-likeness (QED) is 0.782. The maximum atomic E-state index is 5.96. The van der Waals surface area contributed by atoms with E-state index in [-0.39, 0.29) is 17.9 Å². The SMILES string of the molecule is CC1(c2cccc(Cl)c2)CCCN1.Cl. The third-order valence-electron chi connectivity index (χ3n) is 2.83. The lowest BCUT2D eigenvalue weighted by Crippen LogP contribution is -2.32. The minimum atomic E-state index is 0. The van der Waals surface area contributed by atoms with E-state index in [1.807, 2.05) is 12.1 Å². The zero-order chi connectivity index (χ0) is 9.31. The molecule has 1 nitrogen and oxygen atoms in total. The molecule has 0 aliphatic carbocycles. The molecule has 14 heavy (non-hydrogen) atoms. The average Bonchev–Trinajstić information content (AvgIpc) is 2.54. The number of halogens is 2. The third-order valence-corrected chi connectivity index (χ3v) is 3.07. The molecule has 1 aliphatic heterocycles. The Bertz CT molecular complexity index is 306. The van der Waals surface area contributed by atoms with Crippen LogP contribution in [0.25, 0.3) is 0 Å². The van der Waals surface area contributed by atoms with Gasteiger partial charge in [0.2, 0.25) is 0 Å². The summed E-state index contributed by atoms with van der Waals surface area (Å²) in [4.78, 5) is 0. The van der Waals surface area contributed by atoms with Crippen LogP contribution in [0, 0.1) is 0 Å². The van der Waals surface area contributed by atoms with Crippen LogP contribution in [0.4, 0.5) is 0 Å². The topological polar surface area (TPSA) is 12.0 Å². The van der Waals surface area contributed by atoms with Crippen molar-refractivity contribution >= 4 is 24.0 Å². The zero-order valence-electron chi connectivity index (χ0n) is 8.22. The number of benzene rings is 1. The van der Waals surface area contributed by atoms with Gasteiger partial charge in [0.15, 0.2) is 0 Å². The molecule has 1 saturated heterocycles. The van der Waals surface area contributed by atoms with E-state index < -0.39 is 0 Å². The first-order valence-corrected chi connectivity index (χ1v) is 5.10. The summed E-state index contributed by atoms with van der Waals surface area (Å²) in [5.41, 5.74) is 1.45. The van der Waals surface area contributed by atoms with Crippen LogP contribution in [0.5, 0.6) is 0 Å². The summed E-state index contributed by atoms with van der Waals surface area (Å²) in [6, 6.07) is 8.14. The normalized spacial score (nSPS) is 25.9. The molecule has 0 radical (unpaired) electrons. The molecule has 0 saturated carbocycles. The number of hydrogen-bond acceptors (Lipinski definition) is 1. The van der Waals surface area contributed by atoms with Gasteiger partial charge in [0.25, 0.3) is 0 Å². The molecule has 1 N–H and O–H groups in total. The standard InChI is InChI=1S/C11H14ClN.ClH/c1-11(6-3-7-13-11)9-4-2-5-10(12)8-9;/h2,4-5,8,13H,3,6-7H2,1H3;1H. The highest BCUT2D eigenvalue weighted by Gasteiger charge is 2.29. The van der Waals surface area contributed by atoms with E-state index in [0.29, 0.717) is 0 Å². The molecular formula is C11H15Cl2N. The first-order valence-electron chi connectivity index (χ1n) is 4.72. The monoisotopic (exact) mass is 231 g/mol. The molecule has 1 aromatic rings. The lowest BCUT2D eigenvalue weighted by atomic mass is 9.91. The summed E-state index contributed by atoms with van der Waals surface area (Å²) in [6.45, 7) is 3.36. The van der Waals surface area contributed by atoms with E-state index in [9.17, 15) is 0 Å². The van der Waals surface area contributed by atoms with Crippen molar-refractivity contribution in [3.8, 4) is 0 Å². The van der Waals surface area contributed by atoms with Gasteiger partial charge in [-0.15, -0.1) is 12.4 Å². The van der Waals surface area contributed by atoms with Gasteiger partial charge in [0.05, 0.1) is 0 Å². The lowest BCUT2D eigenvalue weighted by molar-refractivity contribution is 0.435. The molecule has 0 aromatic heterocycles. The first-order chi connectivity index (χ1) is 6.21. The van der Waals surface area contributed by atoms with Crippen LogP contribution in [-0.2, 0) is 5.54 Å². The lowest BCUT2D eigenvalue weighted by Gasteiger charge is -2.25. The van der Waals surface area contributed by atoms with Gasteiger partial charge < -0.3 is 5.32 Å². The second-order valence-corrected chi connectivity index (χ2v) is 4.31. The van der Waals surface area contributed by atoms with Gasteiger partial charge in [-0.1, -0.05) is 23.7 Å². The van der Waals surface area contributed by atoms with E-state index in [1.165, 1.54) is 18.4 Å². The van der Waals surface area contributed by atoms with Crippen molar-refractivity contribution in [2.75, 3.05) is 6.54 Å². The molecule has 3 heteroatoms.